The van der Waals surface area contributed by atoms with Gasteiger partial charge in [0.05, 0.1) is 5.69 Å². The monoisotopic (exact) mass is 233 g/mol. The first-order valence-corrected chi connectivity index (χ1v) is 6.49. The summed E-state index contributed by atoms with van der Waals surface area (Å²) >= 11 is 0. The smallest absolute Gasteiger partial charge is 0.0547 e. The summed E-state index contributed by atoms with van der Waals surface area (Å²) in [5.41, 5.74) is 2.29. The van der Waals surface area contributed by atoms with Crippen LogP contribution in [0.1, 0.15) is 30.7 Å². The standard InChI is InChI=1S/C14H23N3/c1-11-5-4-6-13(16-11)10-17(3)14-8-7-12(9-14)15-2/h4-6,12,14-15H,7-10H2,1-3H3. The highest BCUT2D eigenvalue weighted by Gasteiger charge is 2.26. The van der Waals surface area contributed by atoms with E-state index in [4.69, 9.17) is 0 Å². The summed E-state index contributed by atoms with van der Waals surface area (Å²) in [5, 5.41) is 3.38. The van der Waals surface area contributed by atoms with Crippen molar-refractivity contribution in [1.29, 1.82) is 0 Å². The Labute approximate surface area is 104 Å². The molecule has 2 rings (SSSR count). The maximum Gasteiger partial charge on any atom is 0.0547 e. The Morgan fingerprint density at radius 1 is 1.41 bits per heavy atom. The van der Waals surface area contributed by atoms with Gasteiger partial charge in [-0.2, -0.15) is 0 Å². The van der Waals surface area contributed by atoms with Crippen molar-refractivity contribution in [3.05, 3.63) is 29.6 Å². The predicted molar refractivity (Wildman–Crippen MR) is 70.9 cm³/mol. The first-order valence-electron chi connectivity index (χ1n) is 6.49. The van der Waals surface area contributed by atoms with Crippen molar-refractivity contribution in [1.82, 2.24) is 15.2 Å². The molecule has 0 aliphatic heterocycles. The topological polar surface area (TPSA) is 28.2 Å². The van der Waals surface area contributed by atoms with Crippen LogP contribution in [0.15, 0.2) is 18.2 Å². The molecule has 3 nitrogen and oxygen atoms in total. The van der Waals surface area contributed by atoms with Gasteiger partial charge in [-0.15, -0.1) is 0 Å². The van der Waals surface area contributed by atoms with Crippen LogP contribution in [0.5, 0.6) is 0 Å². The zero-order valence-corrected chi connectivity index (χ0v) is 11.1. The molecule has 0 aromatic carbocycles. The maximum atomic E-state index is 4.57. The molecule has 1 aromatic heterocycles. The quantitative estimate of drug-likeness (QED) is 0.861. The molecule has 2 atom stereocenters. The normalized spacial score (nSPS) is 24.5. The summed E-state index contributed by atoms with van der Waals surface area (Å²) < 4.78 is 0. The van der Waals surface area contributed by atoms with Gasteiger partial charge in [-0.3, -0.25) is 9.88 Å². The lowest BCUT2D eigenvalue weighted by atomic mass is 10.2. The third kappa shape index (κ3) is 3.27. The number of nitrogens with zero attached hydrogens (tertiary/aromatic N) is 2. The number of rotatable bonds is 4. The molecule has 3 heteroatoms. The minimum atomic E-state index is 0.702. The molecule has 0 spiro atoms. The van der Waals surface area contributed by atoms with Crippen molar-refractivity contribution in [3.8, 4) is 0 Å². The van der Waals surface area contributed by atoms with Gasteiger partial charge in [-0.1, -0.05) is 6.07 Å². The van der Waals surface area contributed by atoms with Gasteiger partial charge in [0.15, 0.2) is 0 Å². The fourth-order valence-electron chi connectivity index (χ4n) is 2.69. The van der Waals surface area contributed by atoms with Crippen LogP contribution in [-0.2, 0) is 6.54 Å². The molecule has 0 saturated heterocycles. The summed E-state index contributed by atoms with van der Waals surface area (Å²) in [5.74, 6) is 0. The second kappa shape index (κ2) is 5.61. The van der Waals surface area contributed by atoms with E-state index in [0.717, 1.165) is 12.2 Å². The summed E-state index contributed by atoms with van der Waals surface area (Å²) in [6.07, 6.45) is 3.86. The van der Waals surface area contributed by atoms with Gasteiger partial charge in [0, 0.05) is 24.3 Å². The number of nitrogens with one attached hydrogen (secondary N) is 1. The van der Waals surface area contributed by atoms with Crippen LogP contribution >= 0.6 is 0 Å². The van der Waals surface area contributed by atoms with Crippen LogP contribution in [0, 0.1) is 6.92 Å². The van der Waals surface area contributed by atoms with Crippen LogP contribution in [-0.4, -0.2) is 36.1 Å². The molecule has 1 aliphatic rings. The molecular formula is C14H23N3. The first-order chi connectivity index (χ1) is 8.19. The molecule has 0 bridgehead atoms. The van der Waals surface area contributed by atoms with E-state index in [0.29, 0.717) is 12.1 Å². The summed E-state index contributed by atoms with van der Waals surface area (Å²) in [6.45, 7) is 3.01. The first kappa shape index (κ1) is 12.5. The predicted octanol–water partition coefficient (Wildman–Crippen LogP) is 1.96. The lowest BCUT2D eigenvalue weighted by molar-refractivity contribution is 0.231. The summed E-state index contributed by atoms with van der Waals surface area (Å²) in [4.78, 5) is 7.01. The Bertz CT molecular complexity index is 364. The molecule has 0 amide bonds. The fourth-order valence-corrected chi connectivity index (χ4v) is 2.69. The van der Waals surface area contributed by atoms with Gasteiger partial charge in [-0.05, 0) is 52.4 Å². The Morgan fingerprint density at radius 3 is 2.88 bits per heavy atom. The lowest BCUT2D eigenvalue weighted by Crippen LogP contribution is -2.31. The Balaban J connectivity index is 1.91. The number of hydrogen-bond donors (Lipinski definition) is 1. The van der Waals surface area contributed by atoms with Crippen LogP contribution in [0.3, 0.4) is 0 Å². The SMILES string of the molecule is CNC1CCC(N(C)Cc2cccc(C)n2)C1. The van der Waals surface area contributed by atoms with E-state index >= 15 is 0 Å². The molecule has 2 unspecified atom stereocenters. The highest BCUT2D eigenvalue weighted by atomic mass is 15.1. The van der Waals surface area contributed by atoms with Gasteiger partial charge in [-0.25, -0.2) is 0 Å². The van der Waals surface area contributed by atoms with E-state index < -0.39 is 0 Å². The molecule has 17 heavy (non-hydrogen) atoms. The number of aromatic nitrogens is 1. The Kier molecular flexibility index (Phi) is 4.13. The molecule has 1 heterocycles. The minimum Gasteiger partial charge on any atom is -0.317 e. The maximum absolute atomic E-state index is 4.57. The third-order valence-electron chi connectivity index (χ3n) is 3.79. The van der Waals surface area contributed by atoms with E-state index in [1.54, 1.807) is 0 Å². The van der Waals surface area contributed by atoms with Gasteiger partial charge in [0.1, 0.15) is 0 Å². The van der Waals surface area contributed by atoms with Crippen molar-refractivity contribution in [2.75, 3.05) is 14.1 Å². The van der Waals surface area contributed by atoms with Crippen molar-refractivity contribution in [2.45, 2.75) is 44.8 Å². The van der Waals surface area contributed by atoms with Crippen LogP contribution in [0.2, 0.25) is 0 Å². The second-order valence-electron chi connectivity index (χ2n) is 5.14. The van der Waals surface area contributed by atoms with E-state index in [1.165, 1.54) is 25.0 Å². The van der Waals surface area contributed by atoms with E-state index in [-0.39, 0.29) is 0 Å². The number of pyridine rings is 1. The Morgan fingerprint density at radius 2 is 2.24 bits per heavy atom. The average Bonchev–Trinajstić information content (AvgIpc) is 2.77. The molecule has 1 fully saturated rings. The number of aryl methyl sites for hydroxylation is 1. The van der Waals surface area contributed by atoms with Gasteiger partial charge in [0.2, 0.25) is 0 Å². The minimum absolute atomic E-state index is 0.702. The molecule has 1 N–H and O–H groups in total. The summed E-state index contributed by atoms with van der Waals surface area (Å²) in [7, 11) is 4.28. The van der Waals surface area contributed by atoms with Gasteiger partial charge < -0.3 is 5.32 Å². The van der Waals surface area contributed by atoms with Crippen LogP contribution in [0.25, 0.3) is 0 Å². The van der Waals surface area contributed by atoms with Crippen molar-refractivity contribution in [2.24, 2.45) is 0 Å². The lowest BCUT2D eigenvalue weighted by Gasteiger charge is -2.24. The molecular weight excluding hydrogens is 210 g/mol. The molecule has 0 radical (unpaired) electrons. The number of hydrogen-bond acceptors (Lipinski definition) is 3. The Hall–Kier alpha value is -0.930. The zero-order valence-electron chi connectivity index (χ0n) is 11.1. The molecule has 94 valence electrons. The van der Waals surface area contributed by atoms with E-state index in [1.807, 2.05) is 0 Å². The average molecular weight is 233 g/mol. The largest absolute Gasteiger partial charge is 0.317 e. The van der Waals surface area contributed by atoms with E-state index in [9.17, 15) is 0 Å². The summed E-state index contributed by atoms with van der Waals surface area (Å²) in [6, 6.07) is 7.67. The molecule has 1 saturated carbocycles. The zero-order chi connectivity index (χ0) is 12.3. The molecule has 1 aromatic rings. The highest BCUT2D eigenvalue weighted by Crippen LogP contribution is 2.23. The van der Waals surface area contributed by atoms with Crippen molar-refractivity contribution < 1.29 is 0 Å². The third-order valence-corrected chi connectivity index (χ3v) is 3.79. The van der Waals surface area contributed by atoms with Crippen molar-refractivity contribution >= 4 is 0 Å². The fraction of sp³-hybridized carbons (Fsp3) is 0.643. The van der Waals surface area contributed by atoms with Crippen molar-refractivity contribution in [3.63, 3.8) is 0 Å². The van der Waals surface area contributed by atoms with Crippen LogP contribution < -0.4 is 5.32 Å². The van der Waals surface area contributed by atoms with Gasteiger partial charge >= 0.3 is 0 Å². The molecule has 1 aliphatic carbocycles. The van der Waals surface area contributed by atoms with Crippen LogP contribution in [0.4, 0.5) is 0 Å². The van der Waals surface area contributed by atoms with E-state index in [2.05, 4.69) is 54.4 Å². The highest BCUT2D eigenvalue weighted by molar-refractivity contribution is 5.10. The van der Waals surface area contributed by atoms with Gasteiger partial charge in [0.25, 0.3) is 0 Å². The second-order valence-corrected chi connectivity index (χ2v) is 5.14.